The van der Waals surface area contributed by atoms with E-state index in [9.17, 15) is 4.79 Å². The lowest BCUT2D eigenvalue weighted by atomic mass is 9.67. The molecule has 0 fully saturated rings. The van der Waals surface area contributed by atoms with Gasteiger partial charge in [-0.05, 0) is 144 Å². The zero-order valence-corrected chi connectivity index (χ0v) is 47.6. The number of aryl methyl sites for hydroxylation is 4. The standard InChI is InChI=1S/C65H86O7/c1-21-45-31-41(3)23-29-51(45)56-33-47-25-27-49(35-54(47)69-56)67-43(5)37-62(13,14)59(68-44(6)38-64(17,18)72-58(66)53(61(10,11)12)39-60(7,8)9)63(15,16)40-65(19,20)71-50-28-26-48-34-57(70-55(48)36-50)52-30-24-42(4)32-46(52)22-2/h23-37,39,44,59H,21-22,38,40H2,1-20H3/b43-37-,53-39-. The number of carbonyl (C=O) groups excluding carboxylic acids is 1. The summed E-state index contributed by atoms with van der Waals surface area (Å²) in [5.41, 5.74) is 6.41. The van der Waals surface area contributed by atoms with E-state index in [1.54, 1.807) is 0 Å². The minimum absolute atomic E-state index is 0.190. The second-order valence-electron chi connectivity index (χ2n) is 25.2. The van der Waals surface area contributed by atoms with Gasteiger partial charge in [0, 0.05) is 51.4 Å². The third-order valence-corrected chi connectivity index (χ3v) is 13.4. The number of rotatable bonds is 19. The van der Waals surface area contributed by atoms with Crippen molar-refractivity contribution < 1.29 is 32.6 Å². The van der Waals surface area contributed by atoms with Crippen LogP contribution in [0.2, 0.25) is 0 Å². The molecule has 0 N–H and O–H groups in total. The van der Waals surface area contributed by atoms with Crippen molar-refractivity contribution in [1.29, 1.82) is 0 Å². The van der Waals surface area contributed by atoms with Crippen LogP contribution < -0.4 is 9.47 Å². The molecule has 2 atom stereocenters. The van der Waals surface area contributed by atoms with Crippen LogP contribution in [0.25, 0.3) is 44.6 Å². The third kappa shape index (κ3) is 14.2. The molecule has 0 saturated heterocycles. The highest BCUT2D eigenvalue weighted by molar-refractivity contribution is 5.90. The molecule has 0 bridgehead atoms. The van der Waals surface area contributed by atoms with Crippen LogP contribution in [0, 0.1) is 35.5 Å². The van der Waals surface area contributed by atoms with Gasteiger partial charge in [-0.25, -0.2) is 4.79 Å². The molecule has 2 heterocycles. The number of hydrogen-bond acceptors (Lipinski definition) is 7. The lowest BCUT2D eigenvalue weighted by molar-refractivity contribution is -0.164. The molecule has 7 heteroatoms. The van der Waals surface area contributed by atoms with Gasteiger partial charge in [-0.1, -0.05) is 137 Å². The van der Waals surface area contributed by atoms with Gasteiger partial charge in [0.25, 0.3) is 0 Å². The normalized spacial score (nSPS) is 14.5. The molecular formula is C65H86O7. The van der Waals surface area contributed by atoms with Gasteiger partial charge in [0.2, 0.25) is 0 Å². The van der Waals surface area contributed by atoms with Gasteiger partial charge < -0.3 is 27.8 Å². The summed E-state index contributed by atoms with van der Waals surface area (Å²) in [5, 5.41) is 2.05. The fourth-order valence-corrected chi connectivity index (χ4v) is 11.0. The maximum atomic E-state index is 14.0. The van der Waals surface area contributed by atoms with Crippen LogP contribution in [0.3, 0.4) is 0 Å². The Kier molecular flexibility index (Phi) is 16.4. The average Bonchev–Trinajstić information content (AvgIpc) is 3.86. The quantitative estimate of drug-likeness (QED) is 0.0454. The molecule has 2 unspecified atom stereocenters. The van der Waals surface area contributed by atoms with Crippen LogP contribution in [0.15, 0.2) is 117 Å². The van der Waals surface area contributed by atoms with Crippen LogP contribution in [0.1, 0.15) is 160 Å². The van der Waals surface area contributed by atoms with Crippen molar-refractivity contribution in [2.45, 2.75) is 188 Å². The summed E-state index contributed by atoms with van der Waals surface area (Å²) in [7, 11) is 0. The first kappa shape index (κ1) is 55.8. The first-order valence-electron chi connectivity index (χ1n) is 26.2. The molecule has 72 heavy (non-hydrogen) atoms. The fraction of sp³-hybridized carbons (Fsp3) is 0.492. The summed E-state index contributed by atoms with van der Waals surface area (Å²) in [6.45, 7) is 42.3. The Morgan fingerprint density at radius 3 is 1.61 bits per heavy atom. The molecule has 0 spiro atoms. The van der Waals surface area contributed by atoms with E-state index >= 15 is 0 Å². The maximum absolute atomic E-state index is 14.0. The molecule has 0 amide bonds. The van der Waals surface area contributed by atoms with E-state index in [0.29, 0.717) is 24.2 Å². The average molecular weight is 979 g/mol. The lowest BCUT2D eigenvalue weighted by Crippen LogP contribution is -2.49. The van der Waals surface area contributed by atoms with Crippen LogP contribution in [0.4, 0.5) is 0 Å². The Balaban J connectivity index is 1.28. The number of fused-ring (bicyclic) bond motifs is 2. The third-order valence-electron chi connectivity index (χ3n) is 13.4. The number of esters is 1. The molecule has 0 saturated carbocycles. The molecule has 2 aromatic heterocycles. The highest BCUT2D eigenvalue weighted by atomic mass is 16.6. The largest absolute Gasteiger partial charge is 0.488 e. The molecule has 6 rings (SSSR count). The zero-order valence-electron chi connectivity index (χ0n) is 47.6. The van der Waals surface area contributed by atoms with E-state index in [2.05, 4.69) is 184 Å². The molecule has 0 aliphatic heterocycles. The van der Waals surface area contributed by atoms with Gasteiger partial charge >= 0.3 is 5.97 Å². The number of allylic oxidation sites excluding steroid dienone is 2. The van der Waals surface area contributed by atoms with E-state index < -0.39 is 22.0 Å². The van der Waals surface area contributed by atoms with Crippen molar-refractivity contribution >= 4 is 27.9 Å². The summed E-state index contributed by atoms with van der Waals surface area (Å²) < 4.78 is 40.2. The summed E-state index contributed by atoms with van der Waals surface area (Å²) in [5.74, 6) is 3.58. The van der Waals surface area contributed by atoms with Crippen molar-refractivity contribution in [2.75, 3.05) is 0 Å². The molecule has 6 aromatic rings. The molecule has 0 aliphatic carbocycles. The molecule has 7 nitrogen and oxygen atoms in total. The maximum Gasteiger partial charge on any atom is 0.334 e. The molecular weight excluding hydrogens is 893 g/mol. The van der Waals surface area contributed by atoms with E-state index in [0.717, 1.165) is 68.9 Å². The summed E-state index contributed by atoms with van der Waals surface area (Å²) >= 11 is 0. The minimum Gasteiger partial charge on any atom is -0.488 e. The van der Waals surface area contributed by atoms with Crippen molar-refractivity contribution in [2.24, 2.45) is 21.7 Å². The van der Waals surface area contributed by atoms with Gasteiger partial charge in [-0.15, -0.1) is 0 Å². The highest BCUT2D eigenvalue weighted by Gasteiger charge is 2.46. The predicted octanol–water partition coefficient (Wildman–Crippen LogP) is 18.3. The first-order valence-corrected chi connectivity index (χ1v) is 26.2. The molecule has 0 aliphatic rings. The van der Waals surface area contributed by atoms with E-state index in [-0.39, 0.29) is 29.0 Å². The molecule has 4 aromatic carbocycles. The molecule has 388 valence electrons. The molecule has 0 radical (unpaired) electrons. The van der Waals surface area contributed by atoms with Crippen LogP contribution in [-0.4, -0.2) is 29.4 Å². The summed E-state index contributed by atoms with van der Waals surface area (Å²) in [6, 6.07) is 29.4. The number of ether oxygens (including phenoxy) is 4. The smallest absolute Gasteiger partial charge is 0.334 e. The number of furan rings is 2. The summed E-state index contributed by atoms with van der Waals surface area (Å²) in [4.78, 5) is 14.0. The van der Waals surface area contributed by atoms with Gasteiger partial charge in [0.1, 0.15) is 45.4 Å². The Bertz CT molecular complexity index is 2930. The topological polar surface area (TPSA) is 80.3 Å². The number of hydrogen-bond donors (Lipinski definition) is 0. The monoisotopic (exact) mass is 979 g/mol. The van der Waals surface area contributed by atoms with Crippen molar-refractivity contribution in [3.8, 4) is 34.1 Å². The zero-order chi connectivity index (χ0) is 53.4. The van der Waals surface area contributed by atoms with Gasteiger partial charge in [-0.3, -0.25) is 0 Å². The Labute approximate surface area is 432 Å². The van der Waals surface area contributed by atoms with Crippen molar-refractivity contribution in [3.05, 3.63) is 131 Å². The number of benzene rings is 4. The second kappa shape index (κ2) is 21.1. The van der Waals surface area contributed by atoms with Crippen LogP contribution in [-0.2, 0) is 27.1 Å². The fourth-order valence-electron chi connectivity index (χ4n) is 11.0. The van der Waals surface area contributed by atoms with Crippen LogP contribution >= 0.6 is 0 Å². The first-order chi connectivity index (χ1) is 33.3. The van der Waals surface area contributed by atoms with E-state index in [1.807, 2.05) is 51.1 Å². The lowest BCUT2D eigenvalue weighted by Gasteiger charge is -2.47. The highest BCUT2D eigenvalue weighted by Crippen LogP contribution is 2.46. The van der Waals surface area contributed by atoms with E-state index in [4.69, 9.17) is 27.8 Å². The number of carbonyl (C=O) groups is 1. The summed E-state index contributed by atoms with van der Waals surface area (Å²) in [6.07, 6.45) is 6.53. The van der Waals surface area contributed by atoms with Gasteiger partial charge in [-0.2, -0.15) is 0 Å². The van der Waals surface area contributed by atoms with Crippen molar-refractivity contribution in [3.63, 3.8) is 0 Å². The van der Waals surface area contributed by atoms with Crippen LogP contribution in [0.5, 0.6) is 11.5 Å². The predicted molar refractivity (Wildman–Crippen MR) is 299 cm³/mol. The Morgan fingerprint density at radius 2 is 1.12 bits per heavy atom. The van der Waals surface area contributed by atoms with Gasteiger partial charge in [0.05, 0.1) is 18.0 Å². The Morgan fingerprint density at radius 1 is 0.625 bits per heavy atom. The van der Waals surface area contributed by atoms with Crippen molar-refractivity contribution in [1.82, 2.24) is 0 Å². The SMILES string of the molecule is CCc1cc(C)ccc1-c1cc2ccc(O/C(C)=C\C(C)(C)C(OC(C)CC(C)(C)OC(=O)/C(=C/C(C)(C)C)C(C)(C)C)C(C)(C)CC(C)(C)Oc3ccc4cc(-c5ccc(C)cc5CC)oc4c3)cc2o1. The Hall–Kier alpha value is -5.53. The second-order valence-corrected chi connectivity index (χ2v) is 25.2. The van der Waals surface area contributed by atoms with Gasteiger partial charge in [0.15, 0.2) is 0 Å². The van der Waals surface area contributed by atoms with E-state index in [1.165, 1.54) is 22.3 Å². The minimum atomic E-state index is -0.821.